The molecule has 23 heavy (non-hydrogen) atoms. The van der Waals surface area contributed by atoms with Crippen LogP contribution in [0.4, 0.5) is 0 Å². The van der Waals surface area contributed by atoms with E-state index in [4.69, 9.17) is 0 Å². The average Bonchev–Trinajstić information content (AvgIpc) is 2.59. The minimum Gasteiger partial charge on any atom is -0.343 e. The van der Waals surface area contributed by atoms with E-state index in [1.54, 1.807) is 30.3 Å². The van der Waals surface area contributed by atoms with Crippen LogP contribution < -0.4 is 10.6 Å². The number of hydrogen-bond donors (Lipinski definition) is 2. The molecule has 0 unspecified atom stereocenters. The van der Waals surface area contributed by atoms with Gasteiger partial charge in [0.1, 0.15) is 6.04 Å². The van der Waals surface area contributed by atoms with E-state index < -0.39 is 11.9 Å². The Balaban J connectivity index is 1.93. The predicted octanol–water partition coefficient (Wildman–Crippen LogP) is 2.11. The molecule has 0 aliphatic rings. The van der Waals surface area contributed by atoms with Gasteiger partial charge in [-0.2, -0.15) is 5.26 Å². The Morgan fingerprint density at radius 1 is 1.09 bits per heavy atom. The molecule has 5 nitrogen and oxygen atoms in total. The summed E-state index contributed by atoms with van der Waals surface area (Å²) >= 11 is 0. The average molecular weight is 307 g/mol. The fraction of sp³-hybridized carbons (Fsp3) is 0.167. The van der Waals surface area contributed by atoms with Crippen LogP contribution in [-0.2, 0) is 4.79 Å². The molecular formula is C18H17N3O2. The van der Waals surface area contributed by atoms with Gasteiger partial charge in [-0.1, -0.05) is 42.5 Å². The lowest BCUT2D eigenvalue weighted by molar-refractivity contribution is -0.120. The summed E-state index contributed by atoms with van der Waals surface area (Å²) in [6.45, 7) is 1.70. The first-order chi connectivity index (χ1) is 11.1. The van der Waals surface area contributed by atoms with Gasteiger partial charge in [-0.15, -0.1) is 0 Å². The van der Waals surface area contributed by atoms with E-state index in [0.29, 0.717) is 5.56 Å². The largest absolute Gasteiger partial charge is 0.343 e. The molecule has 2 aromatic carbocycles. The molecule has 0 aliphatic carbocycles. The van der Waals surface area contributed by atoms with E-state index in [0.717, 1.165) is 11.1 Å². The van der Waals surface area contributed by atoms with Gasteiger partial charge < -0.3 is 10.6 Å². The van der Waals surface area contributed by atoms with E-state index in [1.165, 1.54) is 0 Å². The molecule has 1 atom stereocenters. The second-order valence-corrected chi connectivity index (χ2v) is 5.03. The normalized spacial score (nSPS) is 11.1. The van der Waals surface area contributed by atoms with Gasteiger partial charge in [0, 0.05) is 5.56 Å². The summed E-state index contributed by atoms with van der Waals surface area (Å²) in [6.07, 6.45) is 0. The van der Waals surface area contributed by atoms with Crippen LogP contribution >= 0.6 is 0 Å². The first-order valence-electron chi connectivity index (χ1n) is 7.19. The van der Waals surface area contributed by atoms with Gasteiger partial charge in [-0.25, -0.2) is 0 Å². The second kappa shape index (κ2) is 7.76. The molecule has 0 aliphatic heterocycles. The van der Waals surface area contributed by atoms with Crippen LogP contribution in [0.3, 0.4) is 0 Å². The molecule has 0 fully saturated rings. The zero-order valence-electron chi connectivity index (χ0n) is 12.7. The third kappa shape index (κ3) is 4.42. The number of benzene rings is 2. The van der Waals surface area contributed by atoms with Crippen LogP contribution in [0.2, 0.25) is 0 Å². The summed E-state index contributed by atoms with van der Waals surface area (Å²) in [5, 5.41) is 14.4. The fourth-order valence-corrected chi connectivity index (χ4v) is 2.15. The molecule has 0 spiro atoms. The predicted molar refractivity (Wildman–Crippen MR) is 86.5 cm³/mol. The maximum absolute atomic E-state index is 12.0. The summed E-state index contributed by atoms with van der Waals surface area (Å²) in [7, 11) is 0. The zero-order chi connectivity index (χ0) is 16.7. The van der Waals surface area contributed by atoms with Crippen LogP contribution in [-0.4, -0.2) is 18.4 Å². The van der Waals surface area contributed by atoms with E-state index in [-0.39, 0.29) is 12.5 Å². The Labute approximate surface area is 134 Å². The molecule has 0 saturated carbocycles. The quantitative estimate of drug-likeness (QED) is 0.887. The lowest BCUT2D eigenvalue weighted by Gasteiger charge is -2.14. The molecule has 2 aromatic rings. The van der Waals surface area contributed by atoms with Gasteiger partial charge in [0.25, 0.3) is 5.91 Å². The van der Waals surface area contributed by atoms with Crippen molar-refractivity contribution in [2.24, 2.45) is 0 Å². The molecule has 0 saturated heterocycles. The number of hydrogen-bond acceptors (Lipinski definition) is 3. The number of aryl methyl sites for hydroxylation is 1. The number of carbonyl (C=O) groups excluding carboxylic acids is 2. The van der Waals surface area contributed by atoms with Crippen LogP contribution in [0.1, 0.15) is 27.5 Å². The number of amides is 2. The molecular weight excluding hydrogens is 290 g/mol. The first-order valence-corrected chi connectivity index (χ1v) is 7.19. The number of nitrogens with one attached hydrogen (secondary N) is 2. The van der Waals surface area contributed by atoms with Gasteiger partial charge in [0.2, 0.25) is 5.91 Å². The summed E-state index contributed by atoms with van der Waals surface area (Å²) < 4.78 is 0. The zero-order valence-corrected chi connectivity index (χ0v) is 12.7. The van der Waals surface area contributed by atoms with Crippen molar-refractivity contribution >= 4 is 11.8 Å². The molecule has 0 radical (unpaired) electrons. The molecule has 0 heterocycles. The van der Waals surface area contributed by atoms with Gasteiger partial charge in [0.15, 0.2) is 0 Å². The monoisotopic (exact) mass is 307 g/mol. The third-order valence-electron chi connectivity index (χ3n) is 3.38. The fourth-order valence-electron chi connectivity index (χ4n) is 2.15. The Hall–Kier alpha value is -3.13. The number of carbonyl (C=O) groups is 2. The van der Waals surface area contributed by atoms with Gasteiger partial charge in [-0.05, 0) is 30.2 Å². The molecule has 2 N–H and O–H groups in total. The maximum atomic E-state index is 12.0. The highest BCUT2D eigenvalue weighted by molar-refractivity contribution is 5.96. The van der Waals surface area contributed by atoms with E-state index >= 15 is 0 Å². The third-order valence-corrected chi connectivity index (χ3v) is 3.38. The van der Waals surface area contributed by atoms with Crippen molar-refractivity contribution in [2.45, 2.75) is 13.0 Å². The molecule has 5 heteroatoms. The number of nitrogens with zero attached hydrogens (tertiary/aromatic N) is 1. The van der Waals surface area contributed by atoms with E-state index in [2.05, 4.69) is 16.7 Å². The lowest BCUT2D eigenvalue weighted by atomic mass is 10.0. The molecule has 116 valence electrons. The first kappa shape index (κ1) is 16.2. The SMILES string of the molecule is Cc1ccccc1[C@@H](C#N)NC(=O)CNC(=O)c1ccccc1. The molecule has 2 rings (SSSR count). The van der Waals surface area contributed by atoms with Crippen molar-refractivity contribution in [3.63, 3.8) is 0 Å². The van der Waals surface area contributed by atoms with Crippen molar-refractivity contribution in [2.75, 3.05) is 6.54 Å². The van der Waals surface area contributed by atoms with E-state index in [9.17, 15) is 14.9 Å². The topological polar surface area (TPSA) is 82.0 Å². The van der Waals surface area contributed by atoms with Gasteiger partial charge >= 0.3 is 0 Å². The van der Waals surface area contributed by atoms with Gasteiger partial charge in [-0.3, -0.25) is 9.59 Å². The Morgan fingerprint density at radius 3 is 2.39 bits per heavy atom. The highest BCUT2D eigenvalue weighted by Crippen LogP contribution is 2.16. The number of nitriles is 1. The van der Waals surface area contributed by atoms with Crippen molar-refractivity contribution in [1.29, 1.82) is 5.26 Å². The Morgan fingerprint density at radius 2 is 1.74 bits per heavy atom. The van der Waals surface area contributed by atoms with Crippen LogP contribution in [0.5, 0.6) is 0 Å². The molecule has 0 bridgehead atoms. The second-order valence-electron chi connectivity index (χ2n) is 5.03. The Bertz CT molecular complexity index is 735. The summed E-state index contributed by atoms with van der Waals surface area (Å²) in [6, 6.07) is 17.3. The lowest BCUT2D eigenvalue weighted by Crippen LogP contribution is -2.38. The van der Waals surface area contributed by atoms with Crippen LogP contribution in [0.25, 0.3) is 0 Å². The van der Waals surface area contributed by atoms with E-state index in [1.807, 2.05) is 31.2 Å². The standard InChI is InChI=1S/C18H17N3O2/c1-13-7-5-6-10-15(13)16(11-19)21-17(22)12-20-18(23)14-8-3-2-4-9-14/h2-10,16H,12H2,1H3,(H,20,23)(H,21,22)/t16-/m1/s1. The number of rotatable bonds is 5. The van der Waals surface area contributed by atoms with Crippen molar-refractivity contribution < 1.29 is 9.59 Å². The summed E-state index contributed by atoms with van der Waals surface area (Å²) in [5.41, 5.74) is 2.15. The molecule has 2 amide bonds. The highest BCUT2D eigenvalue weighted by Gasteiger charge is 2.16. The van der Waals surface area contributed by atoms with Crippen molar-refractivity contribution in [3.8, 4) is 6.07 Å². The summed E-state index contributed by atoms with van der Waals surface area (Å²) in [4.78, 5) is 23.8. The van der Waals surface area contributed by atoms with Gasteiger partial charge in [0.05, 0.1) is 12.6 Å². The van der Waals surface area contributed by atoms with Crippen LogP contribution in [0.15, 0.2) is 54.6 Å². The maximum Gasteiger partial charge on any atom is 0.251 e. The molecule has 0 aromatic heterocycles. The van der Waals surface area contributed by atoms with Crippen molar-refractivity contribution in [1.82, 2.24) is 10.6 Å². The van der Waals surface area contributed by atoms with Crippen molar-refractivity contribution in [3.05, 3.63) is 71.3 Å². The minimum absolute atomic E-state index is 0.183. The van der Waals surface area contributed by atoms with Crippen LogP contribution in [0, 0.1) is 18.3 Å². The summed E-state index contributed by atoms with van der Waals surface area (Å²) in [5.74, 6) is -0.741. The highest BCUT2D eigenvalue weighted by atomic mass is 16.2. The smallest absolute Gasteiger partial charge is 0.251 e. The Kier molecular flexibility index (Phi) is 5.48. The minimum atomic E-state index is -0.739.